The lowest BCUT2D eigenvalue weighted by atomic mass is 10.1. The molecular weight excluding hydrogens is 263 g/mol. The second-order valence-corrected chi connectivity index (χ2v) is 4.25. The van der Waals surface area contributed by atoms with Gasteiger partial charge in [0.05, 0.1) is 5.03 Å². The maximum atomic E-state index is 10.4. The second-order valence-electron chi connectivity index (χ2n) is 3.44. The van der Waals surface area contributed by atoms with Crippen LogP contribution in [0.2, 0.25) is 5.02 Å². The van der Waals surface area contributed by atoms with E-state index >= 15 is 0 Å². The van der Waals surface area contributed by atoms with E-state index in [1.807, 2.05) is 0 Å². The van der Waals surface area contributed by atoms with Crippen molar-refractivity contribution < 1.29 is 14.6 Å². The van der Waals surface area contributed by atoms with Crippen LogP contribution in [0.4, 0.5) is 0 Å². The molecule has 0 atom stereocenters. The van der Waals surface area contributed by atoms with Crippen molar-refractivity contribution in [2.45, 2.75) is 0 Å². The number of aliphatic carboxylic acids is 1. The summed E-state index contributed by atoms with van der Waals surface area (Å²) in [6.45, 7) is 0.247. The molecule has 1 heterocycles. The number of rotatable bonds is 2. The maximum absolute atomic E-state index is 10.4. The molecule has 3 nitrogen and oxygen atoms in total. The summed E-state index contributed by atoms with van der Waals surface area (Å²) in [6, 6.07) is 5.13. The van der Waals surface area contributed by atoms with Crippen molar-refractivity contribution in [2.75, 3.05) is 6.61 Å². The van der Waals surface area contributed by atoms with Gasteiger partial charge in [-0.15, -0.1) is 0 Å². The number of fused-ring (bicyclic) bond motifs is 1. The van der Waals surface area contributed by atoms with Crippen LogP contribution in [0.3, 0.4) is 0 Å². The minimum atomic E-state index is -1.03. The van der Waals surface area contributed by atoms with Crippen molar-refractivity contribution in [3.05, 3.63) is 46.5 Å². The number of benzene rings is 1. The average molecular weight is 271 g/mol. The Labute approximate surface area is 108 Å². The van der Waals surface area contributed by atoms with Gasteiger partial charge in [-0.3, -0.25) is 0 Å². The van der Waals surface area contributed by atoms with Gasteiger partial charge >= 0.3 is 5.97 Å². The third-order valence-electron chi connectivity index (χ3n) is 2.27. The molecule has 0 saturated carbocycles. The lowest BCUT2D eigenvalue weighted by molar-refractivity contribution is -0.131. The summed E-state index contributed by atoms with van der Waals surface area (Å²) in [7, 11) is 0. The molecule has 2 rings (SSSR count). The molecule has 0 spiro atoms. The number of carboxylic acids is 1. The number of carbonyl (C=O) groups is 1. The van der Waals surface area contributed by atoms with Crippen molar-refractivity contribution in [1.29, 1.82) is 0 Å². The first-order valence-corrected chi connectivity index (χ1v) is 5.56. The van der Waals surface area contributed by atoms with Crippen molar-refractivity contribution in [3.8, 4) is 5.75 Å². The summed E-state index contributed by atoms with van der Waals surface area (Å²) in [6.07, 6.45) is 2.45. The van der Waals surface area contributed by atoms with E-state index in [2.05, 4.69) is 0 Å². The van der Waals surface area contributed by atoms with Crippen LogP contribution >= 0.6 is 23.2 Å². The second kappa shape index (κ2) is 4.82. The summed E-state index contributed by atoms with van der Waals surface area (Å²) in [5, 5.41) is 9.57. The SMILES string of the molecule is O=C(O)/C=C/C1=C(Cl)c2cc(Cl)ccc2OC1. The van der Waals surface area contributed by atoms with Crippen LogP contribution in [-0.4, -0.2) is 17.7 Å². The number of ether oxygens (including phenoxy) is 1. The molecule has 0 amide bonds. The van der Waals surface area contributed by atoms with Gasteiger partial charge in [0.1, 0.15) is 12.4 Å². The smallest absolute Gasteiger partial charge is 0.328 e. The van der Waals surface area contributed by atoms with Crippen molar-refractivity contribution in [1.82, 2.24) is 0 Å². The van der Waals surface area contributed by atoms with E-state index in [-0.39, 0.29) is 6.61 Å². The van der Waals surface area contributed by atoms with E-state index in [9.17, 15) is 4.79 Å². The zero-order valence-electron chi connectivity index (χ0n) is 8.61. The van der Waals surface area contributed by atoms with Crippen LogP contribution in [0.15, 0.2) is 35.9 Å². The van der Waals surface area contributed by atoms with Crippen LogP contribution in [0.25, 0.3) is 5.03 Å². The summed E-state index contributed by atoms with van der Waals surface area (Å²) in [4.78, 5) is 10.4. The van der Waals surface area contributed by atoms with E-state index in [0.717, 1.165) is 6.08 Å². The highest BCUT2D eigenvalue weighted by Gasteiger charge is 2.17. The van der Waals surface area contributed by atoms with Crippen molar-refractivity contribution in [2.24, 2.45) is 0 Å². The van der Waals surface area contributed by atoms with Crippen molar-refractivity contribution in [3.63, 3.8) is 0 Å². The van der Waals surface area contributed by atoms with Gasteiger partial charge in [-0.2, -0.15) is 0 Å². The van der Waals surface area contributed by atoms with E-state index in [1.165, 1.54) is 6.08 Å². The molecule has 0 fully saturated rings. The highest BCUT2D eigenvalue weighted by molar-refractivity contribution is 6.50. The Kier molecular flexibility index (Phi) is 3.41. The third-order valence-corrected chi connectivity index (χ3v) is 2.95. The van der Waals surface area contributed by atoms with Crippen LogP contribution in [0, 0.1) is 0 Å². The van der Waals surface area contributed by atoms with Gasteiger partial charge in [-0.25, -0.2) is 4.79 Å². The lowest BCUT2D eigenvalue weighted by Crippen LogP contribution is -2.08. The molecule has 1 aliphatic heterocycles. The Morgan fingerprint density at radius 3 is 2.88 bits per heavy atom. The topological polar surface area (TPSA) is 46.5 Å². The molecule has 1 N–H and O–H groups in total. The maximum Gasteiger partial charge on any atom is 0.328 e. The van der Waals surface area contributed by atoms with E-state index in [1.54, 1.807) is 18.2 Å². The highest BCUT2D eigenvalue weighted by Crippen LogP contribution is 2.37. The molecule has 17 heavy (non-hydrogen) atoms. The molecule has 1 aromatic carbocycles. The predicted octanol–water partition coefficient (Wildman–Crippen LogP) is 3.32. The van der Waals surface area contributed by atoms with Gasteiger partial charge < -0.3 is 9.84 Å². The van der Waals surface area contributed by atoms with Gasteiger partial charge in [0.2, 0.25) is 0 Å². The first-order valence-electron chi connectivity index (χ1n) is 4.80. The standard InChI is InChI=1S/C12H8Cl2O3/c13-8-2-3-10-9(5-8)12(14)7(6-17-10)1-4-11(15)16/h1-5H,6H2,(H,15,16)/b4-1+. The molecular formula is C12H8Cl2O3. The van der Waals surface area contributed by atoms with E-state index in [4.69, 9.17) is 33.0 Å². The molecule has 0 radical (unpaired) electrons. The molecule has 1 aromatic rings. The molecule has 0 aliphatic carbocycles. The fourth-order valence-corrected chi connectivity index (χ4v) is 1.92. The highest BCUT2D eigenvalue weighted by atomic mass is 35.5. The van der Waals surface area contributed by atoms with Gasteiger partial charge in [0.15, 0.2) is 0 Å². The van der Waals surface area contributed by atoms with Gasteiger partial charge in [0, 0.05) is 22.2 Å². The first-order chi connectivity index (χ1) is 8.08. The monoisotopic (exact) mass is 270 g/mol. The van der Waals surface area contributed by atoms with E-state index < -0.39 is 5.97 Å². The van der Waals surface area contributed by atoms with Gasteiger partial charge in [0.25, 0.3) is 0 Å². The lowest BCUT2D eigenvalue weighted by Gasteiger charge is -2.19. The molecule has 0 saturated heterocycles. The summed E-state index contributed by atoms with van der Waals surface area (Å²) < 4.78 is 5.45. The van der Waals surface area contributed by atoms with E-state index in [0.29, 0.717) is 26.9 Å². The first kappa shape index (κ1) is 12.0. The Hall–Kier alpha value is -1.45. The average Bonchev–Trinajstić information content (AvgIpc) is 2.29. The number of halogens is 2. The van der Waals surface area contributed by atoms with Crippen LogP contribution in [0.5, 0.6) is 5.75 Å². The fourth-order valence-electron chi connectivity index (χ4n) is 1.48. The van der Waals surface area contributed by atoms with Gasteiger partial charge in [-0.05, 0) is 24.3 Å². The minimum Gasteiger partial charge on any atom is -0.488 e. The zero-order chi connectivity index (χ0) is 12.4. The normalized spacial score (nSPS) is 14.7. The molecule has 0 unspecified atom stereocenters. The van der Waals surface area contributed by atoms with Crippen molar-refractivity contribution >= 4 is 34.2 Å². The zero-order valence-corrected chi connectivity index (χ0v) is 10.1. The minimum absolute atomic E-state index is 0.247. The Bertz CT molecular complexity index is 533. The number of hydrogen-bond acceptors (Lipinski definition) is 2. The Balaban J connectivity index is 2.43. The van der Waals surface area contributed by atoms with Gasteiger partial charge in [-0.1, -0.05) is 23.2 Å². The van der Waals surface area contributed by atoms with Crippen LogP contribution < -0.4 is 4.74 Å². The molecule has 88 valence electrons. The molecule has 0 bridgehead atoms. The third kappa shape index (κ3) is 2.62. The Morgan fingerprint density at radius 2 is 2.18 bits per heavy atom. The summed E-state index contributed by atoms with van der Waals surface area (Å²) >= 11 is 12.0. The number of carboxylic acid groups (broad SMARTS) is 1. The molecule has 5 heteroatoms. The summed E-state index contributed by atoms with van der Waals surface area (Å²) in [5.41, 5.74) is 1.29. The number of hydrogen-bond donors (Lipinski definition) is 1. The summed E-state index contributed by atoms with van der Waals surface area (Å²) in [5.74, 6) is -0.384. The largest absolute Gasteiger partial charge is 0.488 e. The molecule has 1 aliphatic rings. The molecule has 0 aromatic heterocycles. The fraction of sp³-hybridized carbons (Fsp3) is 0.0833. The Morgan fingerprint density at radius 1 is 1.41 bits per heavy atom. The quantitative estimate of drug-likeness (QED) is 0.839. The predicted molar refractivity (Wildman–Crippen MR) is 66.5 cm³/mol. The van der Waals surface area contributed by atoms with Crippen LogP contribution in [0.1, 0.15) is 5.56 Å². The van der Waals surface area contributed by atoms with Crippen LogP contribution in [-0.2, 0) is 4.79 Å².